The second kappa shape index (κ2) is 13.8. The van der Waals surface area contributed by atoms with Crippen LogP contribution in [0.1, 0.15) is 42.1 Å². The Labute approximate surface area is 211 Å². The van der Waals surface area contributed by atoms with E-state index in [1.807, 2.05) is 6.92 Å². The number of unbranched alkanes of at least 4 members (excludes halogenated alkanes) is 1. The van der Waals surface area contributed by atoms with Gasteiger partial charge in [0.2, 0.25) is 10.0 Å². The van der Waals surface area contributed by atoms with Gasteiger partial charge in [-0.25, -0.2) is 17.9 Å². The van der Waals surface area contributed by atoms with E-state index >= 15 is 0 Å². The molecule has 3 N–H and O–H groups in total. The number of nitrogens with one attached hydrogen (secondary N) is 3. The number of benzene rings is 2. The molecule has 2 rings (SSSR count). The van der Waals surface area contributed by atoms with Crippen LogP contribution in [0.5, 0.6) is 5.75 Å². The monoisotopic (exact) mass is 521 g/mol. The number of thiocarbonyl (C=S) groups is 1. The minimum atomic E-state index is -3.60. The van der Waals surface area contributed by atoms with E-state index in [-0.39, 0.29) is 23.2 Å². The maximum absolute atomic E-state index is 12.4. The van der Waals surface area contributed by atoms with Crippen molar-refractivity contribution in [3.05, 3.63) is 59.7 Å². The average molecular weight is 522 g/mol. The first-order valence-electron chi connectivity index (χ1n) is 11.1. The van der Waals surface area contributed by atoms with Gasteiger partial charge in [-0.2, -0.15) is 0 Å². The second-order valence-electron chi connectivity index (χ2n) is 7.67. The average Bonchev–Trinajstić information content (AvgIpc) is 2.83. The number of methoxy groups -OCH3 is 1. The van der Waals surface area contributed by atoms with Gasteiger partial charge in [-0.3, -0.25) is 10.1 Å². The Morgan fingerprint density at radius 1 is 1.03 bits per heavy atom. The SMILES string of the molecule is CCOC(=O)C(CCCCNS(=O)(=O)c1ccc(C)cc1)NC(=S)NC(=O)c1ccc(OC)cc1. The minimum absolute atomic E-state index is 0.0102. The van der Waals surface area contributed by atoms with Crippen molar-refractivity contribution >= 4 is 39.2 Å². The lowest BCUT2D eigenvalue weighted by atomic mass is 10.1. The molecule has 1 atom stereocenters. The zero-order chi connectivity index (χ0) is 25.8. The van der Waals surface area contributed by atoms with Gasteiger partial charge in [0.15, 0.2) is 5.11 Å². The number of hydrogen-bond acceptors (Lipinski definition) is 7. The number of aryl methyl sites for hydroxylation is 1. The summed E-state index contributed by atoms with van der Waals surface area (Å²) in [4.78, 5) is 25.0. The molecular weight excluding hydrogens is 490 g/mol. The molecule has 0 bridgehead atoms. The fraction of sp³-hybridized carbons (Fsp3) is 0.375. The van der Waals surface area contributed by atoms with Gasteiger partial charge in [0.1, 0.15) is 11.8 Å². The summed E-state index contributed by atoms with van der Waals surface area (Å²) in [7, 11) is -2.07. The van der Waals surface area contributed by atoms with Crippen LogP contribution in [0.3, 0.4) is 0 Å². The number of rotatable bonds is 12. The van der Waals surface area contributed by atoms with Crippen molar-refractivity contribution in [3.8, 4) is 5.75 Å². The third-order valence-corrected chi connectivity index (χ3v) is 6.70. The van der Waals surface area contributed by atoms with E-state index in [4.69, 9.17) is 21.7 Å². The highest BCUT2D eigenvalue weighted by molar-refractivity contribution is 7.89. The zero-order valence-corrected chi connectivity index (χ0v) is 21.6. The Morgan fingerprint density at radius 3 is 2.29 bits per heavy atom. The van der Waals surface area contributed by atoms with Gasteiger partial charge in [-0.1, -0.05) is 17.7 Å². The highest BCUT2D eigenvalue weighted by Crippen LogP contribution is 2.12. The van der Waals surface area contributed by atoms with Crippen molar-refractivity contribution in [2.45, 2.75) is 44.0 Å². The lowest BCUT2D eigenvalue weighted by molar-refractivity contribution is -0.145. The highest BCUT2D eigenvalue weighted by Gasteiger charge is 2.21. The molecule has 190 valence electrons. The number of sulfonamides is 1. The molecule has 0 spiro atoms. The summed E-state index contributed by atoms with van der Waals surface area (Å²) in [6.45, 7) is 3.98. The van der Waals surface area contributed by atoms with E-state index in [0.717, 1.165) is 5.56 Å². The van der Waals surface area contributed by atoms with Gasteiger partial charge in [-0.05, 0) is 81.7 Å². The van der Waals surface area contributed by atoms with Crippen LogP contribution < -0.4 is 20.1 Å². The Hall–Kier alpha value is -3.02. The van der Waals surface area contributed by atoms with Gasteiger partial charge in [-0.15, -0.1) is 0 Å². The van der Waals surface area contributed by atoms with Crippen LogP contribution >= 0.6 is 12.2 Å². The van der Waals surface area contributed by atoms with E-state index in [0.29, 0.717) is 30.6 Å². The summed E-state index contributed by atoms with van der Waals surface area (Å²) in [5.41, 5.74) is 1.35. The van der Waals surface area contributed by atoms with Gasteiger partial charge in [0.25, 0.3) is 5.91 Å². The molecule has 0 saturated heterocycles. The van der Waals surface area contributed by atoms with Crippen LogP contribution in [0.15, 0.2) is 53.4 Å². The Kier molecular flexibility index (Phi) is 11.1. The Balaban J connectivity index is 1.85. The molecule has 0 aromatic heterocycles. The molecule has 9 nitrogen and oxygen atoms in total. The quantitative estimate of drug-likeness (QED) is 0.221. The molecule has 0 aliphatic heterocycles. The minimum Gasteiger partial charge on any atom is -0.497 e. The zero-order valence-electron chi connectivity index (χ0n) is 20.0. The van der Waals surface area contributed by atoms with Gasteiger partial charge in [0.05, 0.1) is 18.6 Å². The second-order valence-corrected chi connectivity index (χ2v) is 9.84. The molecule has 0 radical (unpaired) electrons. The third-order valence-electron chi connectivity index (χ3n) is 5.00. The summed E-state index contributed by atoms with van der Waals surface area (Å²) >= 11 is 5.21. The molecule has 0 fully saturated rings. The van der Waals surface area contributed by atoms with Gasteiger partial charge >= 0.3 is 5.97 Å². The van der Waals surface area contributed by atoms with Crippen molar-refractivity contribution in [2.75, 3.05) is 20.3 Å². The third kappa shape index (κ3) is 9.27. The largest absolute Gasteiger partial charge is 0.497 e. The summed E-state index contributed by atoms with van der Waals surface area (Å²) < 4.78 is 37.5. The number of esters is 1. The molecule has 0 saturated carbocycles. The van der Waals surface area contributed by atoms with Crippen molar-refractivity contribution in [2.24, 2.45) is 0 Å². The predicted molar refractivity (Wildman–Crippen MR) is 137 cm³/mol. The number of amides is 1. The van der Waals surface area contributed by atoms with E-state index in [1.165, 1.54) is 7.11 Å². The molecule has 11 heteroatoms. The number of hydrogen-bond donors (Lipinski definition) is 3. The van der Waals surface area contributed by atoms with Crippen molar-refractivity contribution in [3.63, 3.8) is 0 Å². The molecule has 0 aliphatic carbocycles. The summed E-state index contributed by atoms with van der Waals surface area (Å²) in [5, 5.41) is 5.36. The van der Waals surface area contributed by atoms with Crippen molar-refractivity contribution in [1.29, 1.82) is 0 Å². The summed E-state index contributed by atoms with van der Waals surface area (Å²) in [5.74, 6) is -0.321. The summed E-state index contributed by atoms with van der Waals surface area (Å²) in [6.07, 6.45) is 1.35. The van der Waals surface area contributed by atoms with Crippen LogP contribution in [0, 0.1) is 6.92 Å². The maximum atomic E-state index is 12.4. The number of carbonyl (C=O) groups excluding carboxylic acids is 2. The molecule has 35 heavy (non-hydrogen) atoms. The fourth-order valence-electron chi connectivity index (χ4n) is 3.08. The lowest BCUT2D eigenvalue weighted by Crippen LogP contribution is -2.48. The Bertz CT molecular complexity index is 1100. The maximum Gasteiger partial charge on any atom is 0.328 e. The first-order valence-corrected chi connectivity index (χ1v) is 13.0. The van der Waals surface area contributed by atoms with E-state index in [2.05, 4.69) is 15.4 Å². The van der Waals surface area contributed by atoms with Crippen LogP contribution in [-0.2, 0) is 19.6 Å². The number of carbonyl (C=O) groups is 2. The highest BCUT2D eigenvalue weighted by atomic mass is 32.2. The van der Waals surface area contributed by atoms with E-state index < -0.39 is 27.9 Å². The molecule has 2 aromatic carbocycles. The van der Waals surface area contributed by atoms with Gasteiger partial charge < -0.3 is 14.8 Å². The molecular formula is C24H31N3O6S2. The van der Waals surface area contributed by atoms with Crippen LogP contribution in [0.2, 0.25) is 0 Å². The van der Waals surface area contributed by atoms with Gasteiger partial charge in [0, 0.05) is 12.1 Å². The number of ether oxygens (including phenoxy) is 2. The standard InChI is InChI=1S/C24H31N3O6S2/c1-4-33-23(29)21(26-24(34)27-22(28)18-10-12-19(32-3)13-11-18)7-5-6-16-25-35(30,31)20-14-8-17(2)9-15-20/h8-15,21,25H,4-7,16H2,1-3H3,(H2,26,27,28,34). The smallest absolute Gasteiger partial charge is 0.328 e. The summed E-state index contributed by atoms with van der Waals surface area (Å²) in [6, 6.07) is 12.3. The van der Waals surface area contributed by atoms with Crippen LogP contribution in [0.4, 0.5) is 0 Å². The van der Waals surface area contributed by atoms with E-state index in [9.17, 15) is 18.0 Å². The topological polar surface area (TPSA) is 123 Å². The van der Waals surface area contributed by atoms with E-state index in [1.54, 1.807) is 55.5 Å². The van der Waals surface area contributed by atoms with Crippen LogP contribution in [-0.4, -0.2) is 51.7 Å². The lowest BCUT2D eigenvalue weighted by Gasteiger charge is -2.19. The molecule has 1 amide bonds. The molecule has 1 unspecified atom stereocenters. The molecule has 0 heterocycles. The first kappa shape index (κ1) is 28.2. The van der Waals surface area contributed by atoms with Crippen molar-refractivity contribution in [1.82, 2.24) is 15.4 Å². The van der Waals surface area contributed by atoms with Crippen LogP contribution in [0.25, 0.3) is 0 Å². The fourth-order valence-corrected chi connectivity index (χ4v) is 4.39. The predicted octanol–water partition coefficient (Wildman–Crippen LogP) is 2.69. The normalized spacial score (nSPS) is 11.9. The molecule has 2 aromatic rings. The Morgan fingerprint density at radius 2 is 1.69 bits per heavy atom. The van der Waals surface area contributed by atoms with Crippen molar-refractivity contribution < 1.29 is 27.5 Å². The molecule has 0 aliphatic rings. The first-order chi connectivity index (χ1) is 16.7.